The summed E-state index contributed by atoms with van der Waals surface area (Å²) in [6.45, 7) is 2.97. The Kier molecular flexibility index (Phi) is 4.58. The van der Waals surface area contributed by atoms with E-state index in [4.69, 9.17) is 14.7 Å². The lowest BCUT2D eigenvalue weighted by atomic mass is 10.1. The molecule has 1 saturated heterocycles. The summed E-state index contributed by atoms with van der Waals surface area (Å²) in [5.41, 5.74) is 2.32. The van der Waals surface area contributed by atoms with Crippen LogP contribution >= 0.6 is 0 Å². The van der Waals surface area contributed by atoms with Gasteiger partial charge in [-0.05, 0) is 50.1 Å². The summed E-state index contributed by atoms with van der Waals surface area (Å²) in [6.07, 6.45) is 2.10. The zero-order valence-corrected chi connectivity index (χ0v) is 15.6. The molecule has 2 heterocycles. The Hall–Kier alpha value is -3.22. The van der Waals surface area contributed by atoms with Crippen LogP contribution in [0.25, 0.3) is 22.3 Å². The third-order valence-corrected chi connectivity index (χ3v) is 5.11. The van der Waals surface area contributed by atoms with Gasteiger partial charge >= 0.3 is 5.97 Å². The molecule has 0 saturated carbocycles. The number of rotatable bonds is 3. The smallest absolute Gasteiger partial charge is 0.341 e. The first kappa shape index (κ1) is 18.2. The number of anilines is 1. The molecule has 1 aromatic heterocycles. The van der Waals surface area contributed by atoms with E-state index in [0.717, 1.165) is 24.9 Å². The summed E-state index contributed by atoms with van der Waals surface area (Å²) in [7, 11) is 1.26. The second-order valence-electron chi connectivity index (χ2n) is 6.94. The zero-order chi connectivity index (χ0) is 19.8. The Morgan fingerprint density at radius 2 is 1.93 bits per heavy atom. The van der Waals surface area contributed by atoms with Gasteiger partial charge in [0.15, 0.2) is 5.82 Å². The zero-order valence-electron chi connectivity index (χ0n) is 15.6. The van der Waals surface area contributed by atoms with E-state index < -0.39 is 5.97 Å². The Balaban J connectivity index is 1.95. The van der Waals surface area contributed by atoms with Gasteiger partial charge in [-0.3, -0.25) is 0 Å². The number of aromatic hydroxyl groups is 1. The molecule has 1 atom stereocenters. The fourth-order valence-electron chi connectivity index (χ4n) is 3.61. The lowest BCUT2D eigenvalue weighted by Crippen LogP contribution is -2.28. The fourth-order valence-corrected chi connectivity index (χ4v) is 3.61. The highest BCUT2D eigenvalue weighted by atomic mass is 19.1. The number of hydrogen-bond donors (Lipinski definition) is 1. The largest absolute Gasteiger partial charge is 0.507 e. The molecule has 1 fully saturated rings. The van der Waals surface area contributed by atoms with Crippen molar-refractivity contribution in [2.75, 3.05) is 18.6 Å². The van der Waals surface area contributed by atoms with Crippen molar-refractivity contribution in [3.8, 4) is 17.0 Å². The van der Waals surface area contributed by atoms with Gasteiger partial charge in [0.1, 0.15) is 22.8 Å². The minimum Gasteiger partial charge on any atom is -0.507 e. The minimum atomic E-state index is -0.639. The van der Waals surface area contributed by atoms with E-state index in [9.17, 15) is 14.3 Å². The van der Waals surface area contributed by atoms with Gasteiger partial charge in [0, 0.05) is 24.2 Å². The normalized spacial score (nSPS) is 16.5. The first-order valence-electron chi connectivity index (χ1n) is 9.13. The Labute approximate surface area is 161 Å². The summed E-state index contributed by atoms with van der Waals surface area (Å²) in [5, 5.41) is 10.2. The van der Waals surface area contributed by atoms with Gasteiger partial charge in [-0.2, -0.15) is 0 Å². The molecule has 6 nitrogen and oxygen atoms in total. The van der Waals surface area contributed by atoms with Gasteiger partial charge in [-0.25, -0.2) is 19.2 Å². The second kappa shape index (κ2) is 7.07. The predicted octanol–water partition coefficient (Wildman–Crippen LogP) is 3.92. The Morgan fingerprint density at radius 1 is 1.21 bits per heavy atom. The molecule has 2 aromatic carbocycles. The molecule has 7 heteroatoms. The standard InChI is InChI=1S/C21H20FN3O3/c1-12-4-3-9-25(12)20-19(13-5-7-14(22)8-6-13)23-17-11-18(26)15(21(27)28-2)10-16(17)24-20/h5-8,10-12,26H,3-4,9H2,1-2H3/t12-/m0/s1. The van der Waals surface area contributed by atoms with Crippen LogP contribution < -0.4 is 4.90 Å². The van der Waals surface area contributed by atoms with Crippen LogP contribution in [0.1, 0.15) is 30.1 Å². The van der Waals surface area contributed by atoms with Crippen molar-refractivity contribution >= 4 is 22.8 Å². The number of esters is 1. The van der Waals surface area contributed by atoms with E-state index in [1.807, 2.05) is 0 Å². The summed E-state index contributed by atoms with van der Waals surface area (Å²) in [5.74, 6) is -0.500. The number of benzene rings is 2. The van der Waals surface area contributed by atoms with E-state index in [0.29, 0.717) is 28.6 Å². The molecule has 0 spiro atoms. The third kappa shape index (κ3) is 3.13. The van der Waals surface area contributed by atoms with Crippen LogP contribution in [0.5, 0.6) is 5.75 Å². The number of ether oxygens (including phenoxy) is 1. The molecule has 1 aliphatic heterocycles. The van der Waals surface area contributed by atoms with Crippen LogP contribution in [0.4, 0.5) is 10.2 Å². The highest BCUT2D eigenvalue weighted by molar-refractivity contribution is 5.97. The fraction of sp³-hybridized carbons (Fsp3) is 0.286. The molecule has 4 rings (SSSR count). The van der Waals surface area contributed by atoms with Crippen LogP contribution in [-0.4, -0.2) is 40.7 Å². The van der Waals surface area contributed by atoms with E-state index >= 15 is 0 Å². The SMILES string of the molecule is COC(=O)c1cc2nc(N3CCC[C@@H]3C)c(-c3ccc(F)cc3)nc2cc1O. The van der Waals surface area contributed by atoms with Crippen LogP contribution in [0.15, 0.2) is 36.4 Å². The highest BCUT2D eigenvalue weighted by Crippen LogP contribution is 2.35. The third-order valence-electron chi connectivity index (χ3n) is 5.11. The molecule has 1 aliphatic rings. The van der Waals surface area contributed by atoms with Gasteiger partial charge in [0.05, 0.1) is 18.1 Å². The number of nitrogens with zero attached hydrogens (tertiary/aromatic N) is 3. The summed E-state index contributed by atoms with van der Waals surface area (Å²) < 4.78 is 18.1. The number of halogens is 1. The maximum atomic E-state index is 13.4. The predicted molar refractivity (Wildman–Crippen MR) is 104 cm³/mol. The van der Waals surface area contributed by atoms with E-state index in [1.54, 1.807) is 12.1 Å². The number of fused-ring (bicyclic) bond motifs is 1. The number of phenolic OH excluding ortho intramolecular Hbond substituents is 1. The molecule has 0 aliphatic carbocycles. The van der Waals surface area contributed by atoms with E-state index in [-0.39, 0.29) is 17.1 Å². The average Bonchev–Trinajstić information content (AvgIpc) is 3.12. The molecule has 28 heavy (non-hydrogen) atoms. The molecule has 1 N–H and O–H groups in total. The number of hydrogen-bond acceptors (Lipinski definition) is 6. The summed E-state index contributed by atoms with van der Waals surface area (Å²) in [4.78, 5) is 23.6. The van der Waals surface area contributed by atoms with Crippen molar-refractivity contribution < 1.29 is 19.0 Å². The van der Waals surface area contributed by atoms with Crippen LogP contribution in [0.3, 0.4) is 0 Å². The molecule has 0 unspecified atom stereocenters. The number of carbonyl (C=O) groups is 1. The van der Waals surface area contributed by atoms with Gasteiger partial charge in [-0.15, -0.1) is 0 Å². The first-order chi connectivity index (χ1) is 13.5. The minimum absolute atomic E-state index is 0.0410. The molecule has 0 amide bonds. The molecule has 0 radical (unpaired) electrons. The number of aromatic nitrogens is 2. The molecular formula is C21H20FN3O3. The number of carbonyl (C=O) groups excluding carboxylic acids is 1. The van der Waals surface area contributed by atoms with Crippen LogP contribution in [0.2, 0.25) is 0 Å². The average molecular weight is 381 g/mol. The van der Waals surface area contributed by atoms with E-state index in [1.165, 1.54) is 31.4 Å². The van der Waals surface area contributed by atoms with Crippen molar-refractivity contribution in [2.24, 2.45) is 0 Å². The van der Waals surface area contributed by atoms with E-state index in [2.05, 4.69) is 11.8 Å². The van der Waals surface area contributed by atoms with Crippen LogP contribution in [0, 0.1) is 5.82 Å². The van der Waals surface area contributed by atoms with Crippen LogP contribution in [-0.2, 0) is 4.74 Å². The maximum Gasteiger partial charge on any atom is 0.341 e. The van der Waals surface area contributed by atoms with Crippen molar-refractivity contribution in [1.29, 1.82) is 0 Å². The molecule has 0 bridgehead atoms. The topological polar surface area (TPSA) is 75.5 Å². The van der Waals surface area contributed by atoms with Crippen molar-refractivity contribution in [2.45, 2.75) is 25.8 Å². The van der Waals surface area contributed by atoms with Crippen molar-refractivity contribution in [3.63, 3.8) is 0 Å². The summed E-state index contributed by atoms with van der Waals surface area (Å²) >= 11 is 0. The second-order valence-corrected chi connectivity index (χ2v) is 6.94. The van der Waals surface area contributed by atoms with Crippen molar-refractivity contribution in [3.05, 3.63) is 47.8 Å². The van der Waals surface area contributed by atoms with Gasteiger partial charge < -0.3 is 14.7 Å². The highest BCUT2D eigenvalue weighted by Gasteiger charge is 2.26. The number of phenols is 1. The Bertz CT molecular complexity index is 1050. The van der Waals surface area contributed by atoms with Gasteiger partial charge in [-0.1, -0.05) is 0 Å². The summed E-state index contributed by atoms with van der Waals surface area (Å²) in [6, 6.07) is 9.28. The van der Waals surface area contributed by atoms with Crippen molar-refractivity contribution in [1.82, 2.24) is 9.97 Å². The van der Waals surface area contributed by atoms with Gasteiger partial charge in [0.2, 0.25) is 0 Å². The quantitative estimate of drug-likeness (QED) is 0.693. The first-order valence-corrected chi connectivity index (χ1v) is 9.13. The molecular weight excluding hydrogens is 361 g/mol. The lowest BCUT2D eigenvalue weighted by Gasteiger charge is -2.25. The maximum absolute atomic E-state index is 13.4. The number of methoxy groups -OCH3 is 1. The molecule has 3 aromatic rings. The monoisotopic (exact) mass is 381 g/mol. The lowest BCUT2D eigenvalue weighted by molar-refractivity contribution is 0.0597. The van der Waals surface area contributed by atoms with Gasteiger partial charge in [0.25, 0.3) is 0 Å². The molecule has 144 valence electrons. The Morgan fingerprint density at radius 3 is 2.57 bits per heavy atom.